The van der Waals surface area contributed by atoms with Crippen LogP contribution in [0.4, 0.5) is 0 Å². The topological polar surface area (TPSA) is 66.4 Å². The van der Waals surface area contributed by atoms with E-state index in [0.29, 0.717) is 19.6 Å². The highest BCUT2D eigenvalue weighted by Gasteiger charge is 2.35. The van der Waals surface area contributed by atoms with Gasteiger partial charge < -0.3 is 9.80 Å². The van der Waals surface area contributed by atoms with E-state index >= 15 is 0 Å². The van der Waals surface area contributed by atoms with Crippen LogP contribution in [0.15, 0.2) is 36.1 Å². The highest BCUT2D eigenvalue weighted by atomic mass is 32.1. The lowest BCUT2D eigenvalue weighted by molar-refractivity contribution is -0.135. The molecule has 2 aromatic rings. The second-order valence-corrected chi connectivity index (χ2v) is 6.64. The fourth-order valence-corrected chi connectivity index (χ4v) is 3.39. The minimum atomic E-state index is -0.274. The minimum Gasteiger partial charge on any atom is -0.339 e. The largest absolute Gasteiger partial charge is 0.339 e. The molecule has 1 aliphatic heterocycles. The molecule has 1 fully saturated rings. The fraction of sp³-hybridized carbons (Fsp3) is 0.375. The van der Waals surface area contributed by atoms with E-state index in [2.05, 4.69) is 9.97 Å². The summed E-state index contributed by atoms with van der Waals surface area (Å²) in [7, 11) is 1.76. The van der Waals surface area contributed by atoms with Gasteiger partial charge in [-0.2, -0.15) is 0 Å². The van der Waals surface area contributed by atoms with Crippen molar-refractivity contribution in [3.63, 3.8) is 0 Å². The molecule has 0 aromatic carbocycles. The molecule has 120 valence electrons. The Bertz CT molecular complexity index is 675. The lowest BCUT2D eigenvalue weighted by Gasteiger charge is -2.20. The smallest absolute Gasteiger partial charge is 0.228 e. The van der Waals surface area contributed by atoms with Gasteiger partial charge >= 0.3 is 0 Å². The van der Waals surface area contributed by atoms with E-state index < -0.39 is 0 Å². The number of thiazole rings is 1. The first-order valence-corrected chi connectivity index (χ1v) is 8.31. The second-order valence-electron chi connectivity index (χ2n) is 5.66. The zero-order chi connectivity index (χ0) is 16.2. The van der Waals surface area contributed by atoms with Crippen LogP contribution in [-0.4, -0.2) is 45.2 Å². The fourth-order valence-electron chi connectivity index (χ4n) is 2.73. The molecule has 0 unspecified atom stereocenters. The monoisotopic (exact) mass is 330 g/mol. The molecule has 23 heavy (non-hydrogen) atoms. The van der Waals surface area contributed by atoms with Crippen LogP contribution in [0.2, 0.25) is 0 Å². The highest BCUT2D eigenvalue weighted by molar-refractivity contribution is 7.09. The van der Waals surface area contributed by atoms with E-state index in [1.54, 1.807) is 35.4 Å². The molecule has 0 N–H and O–H groups in total. The van der Waals surface area contributed by atoms with Crippen LogP contribution in [0.3, 0.4) is 0 Å². The van der Waals surface area contributed by atoms with Gasteiger partial charge in [0, 0.05) is 50.5 Å². The molecular formula is C16H18N4O2S. The predicted molar refractivity (Wildman–Crippen MR) is 86.3 cm³/mol. The number of nitrogens with zero attached hydrogens (tertiary/aromatic N) is 4. The van der Waals surface area contributed by atoms with E-state index in [1.807, 2.05) is 17.5 Å². The van der Waals surface area contributed by atoms with Gasteiger partial charge in [0.15, 0.2) is 0 Å². The third-order valence-corrected chi connectivity index (χ3v) is 4.66. The van der Waals surface area contributed by atoms with Crippen molar-refractivity contribution in [1.29, 1.82) is 0 Å². The number of pyridine rings is 1. The molecule has 3 heterocycles. The Hall–Kier alpha value is -2.28. The van der Waals surface area contributed by atoms with Crippen LogP contribution in [0.5, 0.6) is 0 Å². The van der Waals surface area contributed by atoms with Crippen LogP contribution in [0.1, 0.15) is 17.0 Å². The van der Waals surface area contributed by atoms with Gasteiger partial charge in [0.1, 0.15) is 5.01 Å². The summed E-state index contributed by atoms with van der Waals surface area (Å²) in [5.41, 5.74) is 0.977. The summed E-state index contributed by atoms with van der Waals surface area (Å²) in [5.74, 6) is -0.249. The van der Waals surface area contributed by atoms with Crippen LogP contribution in [-0.2, 0) is 22.7 Å². The van der Waals surface area contributed by atoms with Crippen LogP contribution in [0, 0.1) is 5.92 Å². The molecule has 6 nitrogen and oxygen atoms in total. The Labute approximate surface area is 138 Å². The van der Waals surface area contributed by atoms with Crippen LogP contribution < -0.4 is 0 Å². The zero-order valence-electron chi connectivity index (χ0n) is 12.9. The van der Waals surface area contributed by atoms with Crippen molar-refractivity contribution < 1.29 is 9.59 Å². The number of aromatic nitrogens is 2. The number of rotatable bonds is 5. The van der Waals surface area contributed by atoms with Gasteiger partial charge in [-0.05, 0) is 11.6 Å². The first-order chi connectivity index (χ1) is 11.1. The average Bonchev–Trinajstić information content (AvgIpc) is 3.18. The zero-order valence-corrected chi connectivity index (χ0v) is 13.7. The lowest BCUT2D eigenvalue weighted by atomic mass is 10.1. The van der Waals surface area contributed by atoms with Gasteiger partial charge in [0.25, 0.3) is 0 Å². The van der Waals surface area contributed by atoms with Gasteiger partial charge in [0.2, 0.25) is 11.8 Å². The van der Waals surface area contributed by atoms with Crippen LogP contribution >= 0.6 is 11.3 Å². The van der Waals surface area contributed by atoms with E-state index in [4.69, 9.17) is 0 Å². The summed E-state index contributed by atoms with van der Waals surface area (Å²) >= 11 is 1.52. The number of carbonyl (C=O) groups is 2. The Kier molecular flexibility index (Phi) is 4.66. The van der Waals surface area contributed by atoms with Crippen molar-refractivity contribution in [3.05, 3.63) is 46.7 Å². The normalized spacial score (nSPS) is 17.5. The first kappa shape index (κ1) is 15.6. The molecule has 1 saturated heterocycles. The molecule has 0 spiro atoms. The predicted octanol–water partition coefficient (Wildman–Crippen LogP) is 1.55. The van der Waals surface area contributed by atoms with Crippen molar-refractivity contribution >= 4 is 23.2 Å². The third-order valence-electron chi connectivity index (χ3n) is 3.89. The number of amides is 2. The van der Waals surface area contributed by atoms with Gasteiger partial charge in [-0.3, -0.25) is 14.6 Å². The molecule has 0 bridgehead atoms. The molecule has 0 aliphatic carbocycles. The Morgan fingerprint density at radius 1 is 1.48 bits per heavy atom. The summed E-state index contributed by atoms with van der Waals surface area (Å²) in [6.45, 7) is 1.46. The molecular weight excluding hydrogens is 312 g/mol. The van der Waals surface area contributed by atoms with E-state index in [1.165, 1.54) is 11.3 Å². The number of carbonyl (C=O) groups excluding carboxylic acids is 2. The van der Waals surface area contributed by atoms with Gasteiger partial charge in [-0.25, -0.2) is 4.98 Å². The molecule has 7 heteroatoms. The van der Waals surface area contributed by atoms with E-state index in [0.717, 1.165) is 10.6 Å². The summed E-state index contributed by atoms with van der Waals surface area (Å²) in [6, 6.07) is 3.78. The van der Waals surface area contributed by atoms with E-state index in [-0.39, 0.29) is 24.2 Å². The first-order valence-electron chi connectivity index (χ1n) is 7.43. The molecule has 1 atom stereocenters. The lowest BCUT2D eigenvalue weighted by Crippen LogP contribution is -2.34. The molecule has 0 saturated carbocycles. The maximum atomic E-state index is 12.5. The van der Waals surface area contributed by atoms with Gasteiger partial charge in [0.05, 0.1) is 12.5 Å². The van der Waals surface area contributed by atoms with Crippen molar-refractivity contribution in [2.75, 3.05) is 13.6 Å². The number of likely N-dealkylation sites (tertiary alicyclic amines) is 1. The van der Waals surface area contributed by atoms with Crippen molar-refractivity contribution in [3.8, 4) is 0 Å². The minimum absolute atomic E-state index is 0.00207. The third kappa shape index (κ3) is 3.73. The number of hydrogen-bond acceptors (Lipinski definition) is 5. The standard InChI is InChI=1S/C16H18N4O2S/c1-19(11-14-18-5-6-23-14)16(22)13-7-15(21)20(10-13)9-12-3-2-4-17-8-12/h2-6,8,13H,7,9-11H2,1H3/t13-/m1/s1. The van der Waals surface area contributed by atoms with Crippen molar-refractivity contribution in [1.82, 2.24) is 19.8 Å². The molecule has 1 aliphatic rings. The van der Waals surface area contributed by atoms with Gasteiger partial charge in [-0.15, -0.1) is 11.3 Å². The Morgan fingerprint density at radius 3 is 3.04 bits per heavy atom. The van der Waals surface area contributed by atoms with E-state index in [9.17, 15) is 9.59 Å². The van der Waals surface area contributed by atoms with Gasteiger partial charge in [-0.1, -0.05) is 6.07 Å². The summed E-state index contributed by atoms with van der Waals surface area (Å²) < 4.78 is 0. The molecule has 2 amide bonds. The number of hydrogen-bond donors (Lipinski definition) is 0. The Morgan fingerprint density at radius 2 is 2.35 bits per heavy atom. The molecule has 0 radical (unpaired) electrons. The summed E-state index contributed by atoms with van der Waals surface area (Å²) in [6.07, 6.45) is 5.46. The SMILES string of the molecule is CN(Cc1nccs1)C(=O)[C@@H]1CC(=O)N(Cc2cccnc2)C1. The average molecular weight is 330 g/mol. The van der Waals surface area contributed by atoms with Crippen molar-refractivity contribution in [2.24, 2.45) is 5.92 Å². The maximum absolute atomic E-state index is 12.5. The quantitative estimate of drug-likeness (QED) is 0.834. The second kappa shape index (κ2) is 6.87. The summed E-state index contributed by atoms with van der Waals surface area (Å²) in [5, 5.41) is 2.79. The maximum Gasteiger partial charge on any atom is 0.228 e. The van der Waals surface area contributed by atoms with Crippen LogP contribution in [0.25, 0.3) is 0 Å². The molecule has 3 rings (SSSR count). The Balaban J connectivity index is 1.59. The summed E-state index contributed by atoms with van der Waals surface area (Å²) in [4.78, 5) is 36.3. The molecule has 2 aromatic heterocycles. The van der Waals surface area contributed by atoms with Crippen molar-refractivity contribution in [2.45, 2.75) is 19.5 Å². The highest BCUT2D eigenvalue weighted by Crippen LogP contribution is 2.22.